The molecule has 0 unspecified atom stereocenters. The Labute approximate surface area is 175 Å². The van der Waals surface area contributed by atoms with Crippen LogP contribution in [0.1, 0.15) is 75.5 Å². The van der Waals surface area contributed by atoms with E-state index in [0.29, 0.717) is 18.0 Å². The molecule has 29 heavy (non-hydrogen) atoms. The standard InChI is InChI=1S/C19H31N5O4S/c1-6-8-24(18(26)16(22-23-20)12(5)7-2)14(11(3)4)9-15(25)17-21-13(10-29-17)19(27)28/h10-12,14-16,25H,6-9H2,1-5H3,(H,27,28)/t12-,14+,15+,16-/m0/s1. The summed E-state index contributed by atoms with van der Waals surface area (Å²) < 4.78 is 0. The molecule has 1 aromatic rings. The maximum atomic E-state index is 13.3. The van der Waals surface area contributed by atoms with E-state index < -0.39 is 18.1 Å². The summed E-state index contributed by atoms with van der Waals surface area (Å²) in [6.45, 7) is 10.2. The molecule has 0 saturated heterocycles. The lowest BCUT2D eigenvalue weighted by Crippen LogP contribution is -2.49. The molecule has 4 atom stereocenters. The molecule has 1 heterocycles. The fourth-order valence-electron chi connectivity index (χ4n) is 3.16. The van der Waals surface area contributed by atoms with Crippen LogP contribution >= 0.6 is 11.3 Å². The highest BCUT2D eigenvalue weighted by atomic mass is 32.1. The van der Waals surface area contributed by atoms with E-state index in [4.69, 9.17) is 10.6 Å². The van der Waals surface area contributed by atoms with Crippen LogP contribution in [0.15, 0.2) is 10.5 Å². The summed E-state index contributed by atoms with van der Waals surface area (Å²) in [5.74, 6) is -1.46. The molecule has 0 radical (unpaired) electrons. The molecule has 0 bridgehead atoms. The average Bonchev–Trinajstić information content (AvgIpc) is 3.18. The number of hydrogen-bond acceptors (Lipinski definition) is 6. The monoisotopic (exact) mass is 425 g/mol. The van der Waals surface area contributed by atoms with Crippen LogP contribution in [-0.2, 0) is 4.79 Å². The van der Waals surface area contributed by atoms with Crippen LogP contribution in [0.4, 0.5) is 0 Å². The molecule has 9 nitrogen and oxygen atoms in total. The first-order valence-electron chi connectivity index (χ1n) is 9.89. The second-order valence-corrected chi connectivity index (χ2v) is 8.40. The zero-order valence-electron chi connectivity index (χ0n) is 17.6. The molecular formula is C19H31N5O4S. The lowest BCUT2D eigenvalue weighted by Gasteiger charge is -2.37. The third kappa shape index (κ3) is 6.69. The highest BCUT2D eigenvalue weighted by Gasteiger charge is 2.34. The van der Waals surface area contributed by atoms with Gasteiger partial charge in [-0.25, -0.2) is 9.78 Å². The number of carboxylic acid groups (broad SMARTS) is 1. The topological polar surface area (TPSA) is 139 Å². The molecule has 2 N–H and O–H groups in total. The van der Waals surface area contributed by atoms with Crippen molar-refractivity contribution in [1.29, 1.82) is 0 Å². The second kappa shape index (κ2) is 11.7. The van der Waals surface area contributed by atoms with Crippen LogP contribution in [0, 0.1) is 11.8 Å². The highest BCUT2D eigenvalue weighted by Crippen LogP contribution is 2.29. The van der Waals surface area contributed by atoms with Crippen molar-refractivity contribution < 1.29 is 19.8 Å². The molecule has 1 rings (SSSR count). The number of carbonyl (C=O) groups excluding carboxylic acids is 1. The summed E-state index contributed by atoms with van der Waals surface area (Å²) in [5, 5.41) is 25.2. The zero-order valence-corrected chi connectivity index (χ0v) is 18.5. The van der Waals surface area contributed by atoms with Gasteiger partial charge < -0.3 is 15.1 Å². The number of rotatable bonds is 12. The number of amides is 1. The minimum atomic E-state index is -1.14. The molecule has 0 aromatic carbocycles. The van der Waals surface area contributed by atoms with Crippen molar-refractivity contribution in [3.8, 4) is 0 Å². The third-order valence-corrected chi connectivity index (χ3v) is 5.97. The number of aromatic nitrogens is 1. The summed E-state index contributed by atoms with van der Waals surface area (Å²) in [5.41, 5.74) is 8.82. The number of aromatic carboxylic acids is 1. The number of hydrogen-bond donors (Lipinski definition) is 2. The van der Waals surface area contributed by atoms with Crippen LogP contribution < -0.4 is 0 Å². The Bertz CT molecular complexity index is 732. The summed E-state index contributed by atoms with van der Waals surface area (Å²) in [6.07, 6.45) is 0.643. The number of aliphatic hydroxyl groups excluding tert-OH is 1. The summed E-state index contributed by atoms with van der Waals surface area (Å²) >= 11 is 1.08. The largest absolute Gasteiger partial charge is 0.476 e. The summed E-state index contributed by atoms with van der Waals surface area (Å²) in [6, 6.07) is -1.11. The van der Waals surface area contributed by atoms with Crippen molar-refractivity contribution >= 4 is 23.2 Å². The van der Waals surface area contributed by atoms with Gasteiger partial charge >= 0.3 is 5.97 Å². The fraction of sp³-hybridized carbons (Fsp3) is 0.737. The van der Waals surface area contributed by atoms with Crippen LogP contribution in [0.3, 0.4) is 0 Å². The van der Waals surface area contributed by atoms with Gasteiger partial charge in [-0.15, -0.1) is 11.3 Å². The van der Waals surface area contributed by atoms with E-state index in [0.717, 1.165) is 17.8 Å². The van der Waals surface area contributed by atoms with Gasteiger partial charge in [0.1, 0.15) is 17.2 Å². The van der Waals surface area contributed by atoms with Gasteiger partial charge in [0.25, 0.3) is 0 Å². The summed E-state index contributed by atoms with van der Waals surface area (Å²) in [4.78, 5) is 32.9. The Morgan fingerprint density at radius 3 is 2.45 bits per heavy atom. The number of thiazole rings is 1. The SMILES string of the molecule is CCCN(C(=O)[C@@H](N=[N+]=[N-])[C@@H](C)CC)[C@H](C[C@@H](O)c1nc(C(=O)O)cs1)C(C)C. The van der Waals surface area contributed by atoms with Crippen LogP contribution in [-0.4, -0.2) is 50.6 Å². The Kier molecular flexibility index (Phi) is 10.1. The third-order valence-electron chi connectivity index (χ3n) is 5.02. The minimum absolute atomic E-state index is 0.0303. The van der Waals surface area contributed by atoms with E-state index in [9.17, 15) is 14.7 Å². The molecule has 1 amide bonds. The Hall–Kier alpha value is -2.16. The van der Waals surface area contributed by atoms with E-state index in [1.165, 1.54) is 5.38 Å². The van der Waals surface area contributed by atoms with Crippen molar-refractivity contribution in [3.63, 3.8) is 0 Å². The molecular weight excluding hydrogens is 394 g/mol. The van der Waals surface area contributed by atoms with Crippen molar-refractivity contribution in [2.75, 3.05) is 6.54 Å². The molecule has 0 aliphatic rings. The molecule has 0 aliphatic carbocycles. The van der Waals surface area contributed by atoms with Gasteiger partial charge in [-0.3, -0.25) is 4.79 Å². The normalized spacial score (nSPS) is 15.3. The van der Waals surface area contributed by atoms with Crippen LogP contribution in [0.5, 0.6) is 0 Å². The van der Waals surface area contributed by atoms with E-state index >= 15 is 0 Å². The number of aliphatic hydroxyl groups is 1. The highest BCUT2D eigenvalue weighted by molar-refractivity contribution is 7.09. The van der Waals surface area contributed by atoms with Gasteiger partial charge in [0, 0.05) is 29.3 Å². The van der Waals surface area contributed by atoms with Crippen LogP contribution in [0.2, 0.25) is 0 Å². The molecule has 162 valence electrons. The maximum Gasteiger partial charge on any atom is 0.355 e. The van der Waals surface area contributed by atoms with Gasteiger partial charge in [-0.2, -0.15) is 0 Å². The number of nitrogens with zero attached hydrogens (tertiary/aromatic N) is 5. The molecule has 0 saturated carbocycles. The van der Waals surface area contributed by atoms with Gasteiger partial charge in [0.05, 0.1) is 0 Å². The van der Waals surface area contributed by atoms with E-state index in [1.54, 1.807) is 4.90 Å². The first-order valence-corrected chi connectivity index (χ1v) is 10.8. The van der Waals surface area contributed by atoms with Gasteiger partial charge in [-0.05, 0) is 23.8 Å². The predicted octanol–water partition coefficient (Wildman–Crippen LogP) is 4.25. The van der Waals surface area contributed by atoms with Gasteiger partial charge in [0.2, 0.25) is 5.91 Å². The fourth-order valence-corrected chi connectivity index (χ4v) is 3.95. The van der Waals surface area contributed by atoms with Gasteiger partial charge in [0.15, 0.2) is 5.69 Å². The zero-order chi connectivity index (χ0) is 22.1. The molecule has 0 spiro atoms. The first kappa shape index (κ1) is 24.9. The maximum absolute atomic E-state index is 13.3. The van der Waals surface area contributed by atoms with Crippen molar-refractivity contribution in [2.45, 2.75) is 72.1 Å². The molecule has 0 fully saturated rings. The van der Waals surface area contributed by atoms with Crippen molar-refractivity contribution in [1.82, 2.24) is 9.88 Å². The van der Waals surface area contributed by atoms with Crippen molar-refractivity contribution in [3.05, 3.63) is 26.5 Å². The Morgan fingerprint density at radius 1 is 1.34 bits per heavy atom. The second-order valence-electron chi connectivity index (χ2n) is 7.51. The molecule has 1 aromatic heterocycles. The Morgan fingerprint density at radius 2 is 2.00 bits per heavy atom. The smallest absolute Gasteiger partial charge is 0.355 e. The van der Waals surface area contributed by atoms with E-state index in [2.05, 4.69) is 15.0 Å². The average molecular weight is 426 g/mol. The minimum Gasteiger partial charge on any atom is -0.476 e. The first-order chi connectivity index (χ1) is 13.7. The van der Waals surface area contributed by atoms with E-state index in [1.807, 2.05) is 34.6 Å². The number of carboxylic acids is 1. The van der Waals surface area contributed by atoms with Gasteiger partial charge in [-0.1, -0.05) is 46.2 Å². The van der Waals surface area contributed by atoms with Crippen LogP contribution in [0.25, 0.3) is 10.4 Å². The summed E-state index contributed by atoms with van der Waals surface area (Å²) in [7, 11) is 0. The van der Waals surface area contributed by atoms with E-state index in [-0.39, 0.29) is 35.9 Å². The predicted molar refractivity (Wildman–Crippen MR) is 112 cm³/mol. The quantitative estimate of drug-likeness (QED) is 0.293. The molecule has 10 heteroatoms. The lowest BCUT2D eigenvalue weighted by atomic mass is 9.93. The lowest BCUT2D eigenvalue weighted by molar-refractivity contribution is -0.138. The Balaban J connectivity index is 3.15. The molecule has 0 aliphatic heterocycles. The van der Waals surface area contributed by atoms with Crippen molar-refractivity contribution in [2.24, 2.45) is 17.0 Å². The number of azide groups is 1. The number of carbonyl (C=O) groups is 2.